The Kier molecular flexibility index (Phi) is 6.51. The number of halogens is 1. The van der Waals surface area contributed by atoms with Gasteiger partial charge in [-0.2, -0.15) is 5.10 Å². The maximum atomic E-state index is 6.25. The Labute approximate surface area is 168 Å². The summed E-state index contributed by atoms with van der Waals surface area (Å²) < 4.78 is 7.89. The van der Waals surface area contributed by atoms with E-state index in [0.717, 1.165) is 47.9 Å². The molecule has 1 fully saturated rings. The second-order valence-electron chi connectivity index (χ2n) is 6.93. The Balaban J connectivity index is 1.76. The second-order valence-corrected chi connectivity index (χ2v) is 7.72. The van der Waals surface area contributed by atoms with Crippen LogP contribution >= 0.6 is 15.9 Å². The fourth-order valence-corrected chi connectivity index (χ4v) is 3.67. The van der Waals surface area contributed by atoms with E-state index in [1.807, 2.05) is 41.9 Å². The van der Waals surface area contributed by atoms with Crippen molar-refractivity contribution < 1.29 is 4.74 Å². The van der Waals surface area contributed by atoms with Crippen LogP contribution in [0.25, 0.3) is 5.69 Å². The van der Waals surface area contributed by atoms with E-state index in [4.69, 9.17) is 15.5 Å². The molecule has 0 bridgehead atoms. The third-order valence-corrected chi connectivity index (χ3v) is 5.75. The molecule has 0 aliphatic carbocycles. The number of aryl methyl sites for hydroxylation is 1. The number of likely N-dealkylation sites (tertiary alicyclic amines) is 1. The Morgan fingerprint density at radius 2 is 2.11 bits per heavy atom. The summed E-state index contributed by atoms with van der Waals surface area (Å²) in [5.74, 6) is 1.63. The molecular formula is C19H27BrN6O. The van der Waals surface area contributed by atoms with Crippen molar-refractivity contribution in [3.05, 3.63) is 40.5 Å². The summed E-state index contributed by atoms with van der Waals surface area (Å²) in [5, 5.41) is 7.84. The van der Waals surface area contributed by atoms with Gasteiger partial charge in [-0.05, 0) is 40.9 Å². The van der Waals surface area contributed by atoms with Gasteiger partial charge in [0.2, 0.25) is 0 Å². The summed E-state index contributed by atoms with van der Waals surface area (Å²) in [4.78, 5) is 7.10. The van der Waals surface area contributed by atoms with E-state index >= 15 is 0 Å². The zero-order chi connectivity index (χ0) is 19.4. The highest BCUT2D eigenvalue weighted by Crippen LogP contribution is 2.29. The number of nitrogens with one attached hydrogen (secondary N) is 1. The molecule has 0 spiro atoms. The van der Waals surface area contributed by atoms with E-state index < -0.39 is 0 Å². The number of nitrogens with zero attached hydrogens (tertiary/aromatic N) is 4. The van der Waals surface area contributed by atoms with Crippen LogP contribution < -0.4 is 11.1 Å². The number of anilines is 1. The maximum absolute atomic E-state index is 6.25. The standard InChI is InChI=1S/C19H27BrN6O/c1-13-11-25(9-10-27-3)12-16(13)22-19(21)23-18-17(20)14(2)24-26(18)15-7-5-4-6-8-15/h4-8,13,16H,9-12H2,1-3H3,(H3,21,22,23)/t13-,16-/m1/s1. The van der Waals surface area contributed by atoms with E-state index in [0.29, 0.717) is 11.9 Å². The first kappa shape index (κ1) is 19.9. The molecule has 0 unspecified atom stereocenters. The molecule has 1 aliphatic rings. The molecule has 146 valence electrons. The number of benzene rings is 1. The molecule has 1 aromatic carbocycles. The minimum atomic E-state index is 0.169. The number of methoxy groups -OCH3 is 1. The second kappa shape index (κ2) is 8.86. The molecule has 27 heavy (non-hydrogen) atoms. The Morgan fingerprint density at radius 1 is 1.37 bits per heavy atom. The molecule has 0 amide bonds. The van der Waals surface area contributed by atoms with Gasteiger partial charge in [0.25, 0.3) is 0 Å². The number of aromatic nitrogens is 2. The molecule has 0 radical (unpaired) electrons. The highest BCUT2D eigenvalue weighted by molar-refractivity contribution is 9.10. The van der Waals surface area contributed by atoms with Crippen LogP contribution in [0.2, 0.25) is 0 Å². The molecule has 8 heteroatoms. The molecular weight excluding hydrogens is 408 g/mol. The summed E-state index contributed by atoms with van der Waals surface area (Å²) in [6, 6.07) is 10.1. The van der Waals surface area contributed by atoms with Crippen LogP contribution in [-0.2, 0) is 4.74 Å². The number of nitrogens with two attached hydrogens (primary N) is 1. The summed E-state index contributed by atoms with van der Waals surface area (Å²) in [5.41, 5.74) is 8.10. The highest BCUT2D eigenvalue weighted by atomic mass is 79.9. The average Bonchev–Trinajstić information content (AvgIpc) is 3.14. The van der Waals surface area contributed by atoms with Crippen LogP contribution in [0.4, 0.5) is 5.82 Å². The Bertz CT molecular complexity index is 791. The minimum Gasteiger partial charge on any atom is -0.383 e. The molecule has 2 heterocycles. The smallest absolute Gasteiger partial charge is 0.194 e. The first-order valence-electron chi connectivity index (χ1n) is 9.11. The largest absolute Gasteiger partial charge is 0.383 e. The lowest BCUT2D eigenvalue weighted by Gasteiger charge is -2.14. The van der Waals surface area contributed by atoms with Crippen molar-refractivity contribution in [2.24, 2.45) is 16.6 Å². The van der Waals surface area contributed by atoms with Crippen LogP contribution in [0.15, 0.2) is 39.8 Å². The lowest BCUT2D eigenvalue weighted by atomic mass is 10.1. The molecule has 7 nitrogen and oxygen atoms in total. The van der Waals surface area contributed by atoms with Crippen LogP contribution in [0, 0.1) is 12.8 Å². The lowest BCUT2D eigenvalue weighted by molar-refractivity contribution is 0.159. The van der Waals surface area contributed by atoms with Gasteiger partial charge in [-0.1, -0.05) is 25.1 Å². The van der Waals surface area contributed by atoms with Crippen molar-refractivity contribution in [2.45, 2.75) is 19.9 Å². The van der Waals surface area contributed by atoms with Gasteiger partial charge in [-0.25, -0.2) is 9.67 Å². The summed E-state index contributed by atoms with van der Waals surface area (Å²) >= 11 is 3.61. The zero-order valence-electron chi connectivity index (χ0n) is 16.0. The molecule has 2 aromatic rings. The predicted octanol–water partition coefficient (Wildman–Crippen LogP) is 2.64. The molecule has 1 aliphatic heterocycles. The van der Waals surface area contributed by atoms with Gasteiger partial charge in [0.05, 0.1) is 28.5 Å². The number of hydrogen-bond acceptors (Lipinski definition) is 4. The third-order valence-electron chi connectivity index (χ3n) is 4.80. The number of aliphatic imine (C=N–C) groups is 1. The number of ether oxygens (including phenoxy) is 1. The highest BCUT2D eigenvalue weighted by Gasteiger charge is 2.29. The quantitative estimate of drug-likeness (QED) is 0.539. The topological polar surface area (TPSA) is 80.7 Å². The Hall–Kier alpha value is -1.90. The first-order chi connectivity index (χ1) is 13.0. The van der Waals surface area contributed by atoms with Crippen molar-refractivity contribution in [1.82, 2.24) is 14.7 Å². The molecule has 2 atom stereocenters. The van der Waals surface area contributed by atoms with Crippen molar-refractivity contribution in [2.75, 3.05) is 38.7 Å². The van der Waals surface area contributed by atoms with Crippen molar-refractivity contribution >= 4 is 27.7 Å². The summed E-state index contributed by atoms with van der Waals surface area (Å²) in [6.07, 6.45) is 0. The van der Waals surface area contributed by atoms with Crippen molar-refractivity contribution in [1.29, 1.82) is 0 Å². The van der Waals surface area contributed by atoms with Crippen LogP contribution in [-0.4, -0.2) is 60.0 Å². The maximum Gasteiger partial charge on any atom is 0.194 e. The third kappa shape index (κ3) is 4.69. The number of para-hydroxylation sites is 1. The monoisotopic (exact) mass is 434 g/mol. The number of rotatable bonds is 6. The fraction of sp³-hybridized carbons (Fsp3) is 0.474. The first-order valence-corrected chi connectivity index (χ1v) is 9.91. The van der Waals surface area contributed by atoms with E-state index in [2.05, 4.69) is 38.2 Å². The molecule has 1 aromatic heterocycles. The normalized spacial score (nSPS) is 21.0. The minimum absolute atomic E-state index is 0.169. The average molecular weight is 435 g/mol. The lowest BCUT2D eigenvalue weighted by Crippen LogP contribution is -2.29. The van der Waals surface area contributed by atoms with Crippen molar-refractivity contribution in [3.8, 4) is 5.69 Å². The van der Waals surface area contributed by atoms with Gasteiger partial charge >= 0.3 is 0 Å². The SMILES string of the molecule is COCCN1C[C@@H](C)[C@H](N=C(N)Nc2c(Br)c(C)nn2-c2ccccc2)C1. The number of hydrogen-bond donors (Lipinski definition) is 2. The molecule has 0 saturated carbocycles. The molecule has 3 rings (SSSR count). The predicted molar refractivity (Wildman–Crippen MR) is 113 cm³/mol. The van der Waals surface area contributed by atoms with E-state index in [-0.39, 0.29) is 6.04 Å². The van der Waals surface area contributed by atoms with Crippen LogP contribution in [0.1, 0.15) is 12.6 Å². The molecule has 1 saturated heterocycles. The Morgan fingerprint density at radius 3 is 2.81 bits per heavy atom. The number of guanidine groups is 1. The summed E-state index contributed by atoms with van der Waals surface area (Å²) in [7, 11) is 1.73. The van der Waals surface area contributed by atoms with Gasteiger partial charge in [0.1, 0.15) is 0 Å². The van der Waals surface area contributed by atoms with Gasteiger partial charge in [-0.3, -0.25) is 4.90 Å². The van der Waals surface area contributed by atoms with Gasteiger partial charge in [0, 0.05) is 26.7 Å². The van der Waals surface area contributed by atoms with Gasteiger partial charge < -0.3 is 15.8 Å². The van der Waals surface area contributed by atoms with Crippen LogP contribution in [0.5, 0.6) is 0 Å². The summed E-state index contributed by atoms with van der Waals surface area (Å²) in [6.45, 7) is 7.73. The zero-order valence-corrected chi connectivity index (χ0v) is 17.6. The van der Waals surface area contributed by atoms with E-state index in [9.17, 15) is 0 Å². The van der Waals surface area contributed by atoms with Crippen molar-refractivity contribution in [3.63, 3.8) is 0 Å². The van der Waals surface area contributed by atoms with Gasteiger partial charge in [-0.15, -0.1) is 0 Å². The molecule has 3 N–H and O–H groups in total. The van der Waals surface area contributed by atoms with Crippen LogP contribution in [0.3, 0.4) is 0 Å². The van der Waals surface area contributed by atoms with E-state index in [1.54, 1.807) is 7.11 Å². The van der Waals surface area contributed by atoms with E-state index in [1.165, 1.54) is 0 Å². The van der Waals surface area contributed by atoms with Gasteiger partial charge in [0.15, 0.2) is 11.8 Å². The fourth-order valence-electron chi connectivity index (χ4n) is 3.32.